The molecule has 1 aliphatic heterocycles. The maximum Gasteiger partial charge on any atom is 0.301 e. The Labute approximate surface area is 225 Å². The number of benzene rings is 3. The molecule has 2 heterocycles. The number of amides is 1. The number of aromatic nitrogens is 2. The van der Waals surface area contributed by atoms with Crippen molar-refractivity contribution in [1.82, 2.24) is 10.2 Å². The standard InChI is InChI=1S/C27H20FN3O5S2/c1-36-20-13-16(11-12-19(20)32)22-21(23(33)15-7-3-2-4-8-15)24(34)25(35)31(22)26-29-30-27(38-26)37-14-17-9-5-6-10-18(17)28/h2-13,22,32-33H,14H2,1H3/b23-21-. The second-order valence-electron chi connectivity index (χ2n) is 8.20. The van der Waals surface area contributed by atoms with Crippen molar-refractivity contribution in [2.24, 2.45) is 0 Å². The molecule has 192 valence electrons. The van der Waals surface area contributed by atoms with Crippen molar-refractivity contribution in [2.45, 2.75) is 16.1 Å². The molecule has 2 N–H and O–H groups in total. The number of halogens is 1. The number of Topliss-reactive ketones (excluding diaryl/α,β-unsaturated/α-hetero) is 1. The average molecular weight is 550 g/mol. The molecular formula is C27H20FN3O5S2. The van der Waals surface area contributed by atoms with Gasteiger partial charge in [0.05, 0.1) is 18.7 Å². The summed E-state index contributed by atoms with van der Waals surface area (Å²) in [5.41, 5.74) is 1.13. The Morgan fingerprint density at radius 3 is 2.55 bits per heavy atom. The number of hydrogen-bond donors (Lipinski definition) is 2. The number of hydrogen-bond acceptors (Lipinski definition) is 9. The van der Waals surface area contributed by atoms with E-state index in [9.17, 15) is 24.2 Å². The Morgan fingerprint density at radius 1 is 1.08 bits per heavy atom. The molecule has 0 radical (unpaired) electrons. The Kier molecular flexibility index (Phi) is 7.12. The molecule has 1 saturated heterocycles. The summed E-state index contributed by atoms with van der Waals surface area (Å²) >= 11 is 2.31. The second kappa shape index (κ2) is 10.6. The van der Waals surface area contributed by atoms with Crippen LogP contribution in [0.3, 0.4) is 0 Å². The van der Waals surface area contributed by atoms with E-state index in [1.54, 1.807) is 48.5 Å². The lowest BCUT2D eigenvalue weighted by Gasteiger charge is -2.23. The van der Waals surface area contributed by atoms with Gasteiger partial charge in [0.15, 0.2) is 15.8 Å². The maximum atomic E-state index is 14.0. The molecule has 1 unspecified atom stereocenters. The van der Waals surface area contributed by atoms with Gasteiger partial charge in [-0.15, -0.1) is 10.2 Å². The van der Waals surface area contributed by atoms with Crippen molar-refractivity contribution in [3.05, 3.63) is 101 Å². The number of rotatable bonds is 7. The van der Waals surface area contributed by atoms with E-state index in [1.807, 2.05) is 0 Å². The number of phenolic OH excluding ortho intramolecular Hbond substituents is 1. The highest BCUT2D eigenvalue weighted by Crippen LogP contribution is 2.45. The second-order valence-corrected chi connectivity index (χ2v) is 10.4. The number of anilines is 1. The van der Waals surface area contributed by atoms with E-state index in [0.717, 1.165) is 11.3 Å². The van der Waals surface area contributed by atoms with Gasteiger partial charge in [0, 0.05) is 11.3 Å². The minimum atomic E-state index is -1.07. The van der Waals surface area contributed by atoms with Crippen LogP contribution in [0.15, 0.2) is 82.7 Å². The van der Waals surface area contributed by atoms with Gasteiger partial charge in [-0.25, -0.2) is 4.39 Å². The topological polar surface area (TPSA) is 113 Å². The van der Waals surface area contributed by atoms with Gasteiger partial charge < -0.3 is 14.9 Å². The molecule has 0 aliphatic carbocycles. The molecule has 1 amide bonds. The van der Waals surface area contributed by atoms with E-state index >= 15 is 0 Å². The molecule has 5 rings (SSSR count). The van der Waals surface area contributed by atoms with Crippen molar-refractivity contribution < 1.29 is 28.9 Å². The minimum Gasteiger partial charge on any atom is -0.507 e. The Hall–Kier alpha value is -4.22. The van der Waals surface area contributed by atoms with Crippen molar-refractivity contribution >= 4 is 45.7 Å². The molecule has 3 aromatic carbocycles. The van der Waals surface area contributed by atoms with Crippen LogP contribution in [0.1, 0.15) is 22.7 Å². The number of methoxy groups -OCH3 is 1. The molecular weight excluding hydrogens is 529 g/mol. The monoisotopic (exact) mass is 549 g/mol. The first-order valence-corrected chi connectivity index (χ1v) is 13.1. The number of ketones is 1. The van der Waals surface area contributed by atoms with Gasteiger partial charge in [0.2, 0.25) is 5.13 Å². The smallest absolute Gasteiger partial charge is 0.301 e. The van der Waals surface area contributed by atoms with Gasteiger partial charge in [0.1, 0.15) is 11.6 Å². The molecule has 1 atom stereocenters. The number of nitrogens with zero attached hydrogens (tertiary/aromatic N) is 3. The van der Waals surface area contributed by atoms with E-state index in [0.29, 0.717) is 26.8 Å². The Bertz CT molecular complexity index is 1560. The summed E-state index contributed by atoms with van der Waals surface area (Å²) in [5, 5.41) is 29.7. The summed E-state index contributed by atoms with van der Waals surface area (Å²) in [6, 6.07) is 18.2. The van der Waals surface area contributed by atoms with E-state index in [2.05, 4.69) is 10.2 Å². The van der Waals surface area contributed by atoms with Gasteiger partial charge in [-0.05, 0) is 29.3 Å². The summed E-state index contributed by atoms with van der Waals surface area (Å²) in [6.07, 6.45) is 0. The van der Waals surface area contributed by atoms with Crippen LogP contribution in [-0.4, -0.2) is 39.2 Å². The summed E-state index contributed by atoms with van der Waals surface area (Å²) in [5.74, 6) is -2.15. The summed E-state index contributed by atoms with van der Waals surface area (Å²) in [4.78, 5) is 27.8. The molecule has 0 bridgehead atoms. The first-order chi connectivity index (χ1) is 18.4. The number of carbonyl (C=O) groups excluding carboxylic acids is 2. The molecule has 4 aromatic rings. The van der Waals surface area contributed by atoms with Crippen LogP contribution in [0.5, 0.6) is 11.5 Å². The van der Waals surface area contributed by atoms with Crippen LogP contribution in [0.25, 0.3) is 5.76 Å². The number of ether oxygens (including phenoxy) is 1. The molecule has 1 fully saturated rings. The van der Waals surface area contributed by atoms with Crippen LogP contribution in [0.4, 0.5) is 9.52 Å². The van der Waals surface area contributed by atoms with Crippen LogP contribution in [0.2, 0.25) is 0 Å². The molecule has 1 aromatic heterocycles. The number of aromatic hydroxyl groups is 1. The predicted molar refractivity (Wildman–Crippen MR) is 142 cm³/mol. The highest BCUT2D eigenvalue weighted by atomic mass is 32.2. The number of aliphatic hydroxyl groups is 1. The van der Waals surface area contributed by atoms with Crippen molar-refractivity contribution in [3.8, 4) is 11.5 Å². The highest BCUT2D eigenvalue weighted by Gasteiger charge is 2.48. The van der Waals surface area contributed by atoms with Crippen molar-refractivity contribution in [2.75, 3.05) is 12.0 Å². The largest absolute Gasteiger partial charge is 0.507 e. The van der Waals surface area contributed by atoms with Gasteiger partial charge in [-0.3, -0.25) is 14.5 Å². The van der Waals surface area contributed by atoms with Gasteiger partial charge >= 0.3 is 5.91 Å². The summed E-state index contributed by atoms with van der Waals surface area (Å²) in [6.45, 7) is 0. The third-order valence-corrected chi connectivity index (χ3v) is 8.03. The maximum absolute atomic E-state index is 14.0. The van der Waals surface area contributed by atoms with Crippen molar-refractivity contribution in [3.63, 3.8) is 0 Å². The molecule has 0 spiro atoms. The zero-order valence-electron chi connectivity index (χ0n) is 19.9. The third kappa shape index (κ3) is 4.73. The summed E-state index contributed by atoms with van der Waals surface area (Å²) < 4.78 is 19.7. The van der Waals surface area contributed by atoms with Gasteiger partial charge in [-0.2, -0.15) is 0 Å². The fraction of sp³-hybridized carbons (Fsp3) is 0.111. The fourth-order valence-electron chi connectivity index (χ4n) is 4.07. The van der Waals surface area contributed by atoms with Gasteiger partial charge in [-0.1, -0.05) is 77.7 Å². The summed E-state index contributed by atoms with van der Waals surface area (Å²) in [7, 11) is 1.38. The zero-order valence-corrected chi connectivity index (χ0v) is 21.5. The quantitative estimate of drug-likeness (QED) is 0.105. The molecule has 8 nitrogen and oxygen atoms in total. The lowest BCUT2D eigenvalue weighted by molar-refractivity contribution is -0.132. The molecule has 1 aliphatic rings. The van der Waals surface area contributed by atoms with Crippen LogP contribution < -0.4 is 9.64 Å². The average Bonchev–Trinajstić information content (AvgIpc) is 3.50. The van der Waals surface area contributed by atoms with Crippen LogP contribution in [-0.2, 0) is 15.3 Å². The minimum absolute atomic E-state index is 0.126. The van der Waals surface area contributed by atoms with E-state index < -0.39 is 17.7 Å². The molecule has 38 heavy (non-hydrogen) atoms. The molecule has 0 saturated carbocycles. The lowest BCUT2D eigenvalue weighted by atomic mass is 9.95. The zero-order chi connectivity index (χ0) is 26.8. The third-order valence-electron chi connectivity index (χ3n) is 5.92. The molecule has 11 heteroatoms. The van der Waals surface area contributed by atoms with Crippen molar-refractivity contribution in [1.29, 1.82) is 0 Å². The fourth-order valence-corrected chi connectivity index (χ4v) is 5.93. The number of carbonyl (C=O) groups is 2. The predicted octanol–water partition coefficient (Wildman–Crippen LogP) is 5.31. The first-order valence-electron chi connectivity index (χ1n) is 11.3. The van der Waals surface area contributed by atoms with Crippen LogP contribution in [0, 0.1) is 5.82 Å². The number of aliphatic hydroxyl groups excluding tert-OH is 1. The van der Waals surface area contributed by atoms with Gasteiger partial charge in [0.25, 0.3) is 5.78 Å². The Morgan fingerprint density at radius 2 is 1.82 bits per heavy atom. The van der Waals surface area contributed by atoms with E-state index in [-0.39, 0.29) is 33.8 Å². The van der Waals surface area contributed by atoms with E-state index in [1.165, 1.54) is 48.0 Å². The normalized spacial score (nSPS) is 16.7. The van der Waals surface area contributed by atoms with Crippen LogP contribution >= 0.6 is 23.1 Å². The SMILES string of the molecule is COc1cc(C2/C(=C(/O)c3ccccc3)C(=O)C(=O)N2c2nnc(SCc3ccccc3F)s2)ccc1O. The first kappa shape index (κ1) is 25.4. The van der Waals surface area contributed by atoms with E-state index in [4.69, 9.17) is 4.74 Å². The lowest BCUT2D eigenvalue weighted by Crippen LogP contribution is -2.29. The highest BCUT2D eigenvalue weighted by molar-refractivity contribution is 8.00. The number of phenols is 1. The Balaban J connectivity index is 1.57. The number of thioether (sulfide) groups is 1.